The van der Waals surface area contributed by atoms with Gasteiger partial charge < -0.3 is 14.6 Å². The van der Waals surface area contributed by atoms with Gasteiger partial charge in [0.25, 0.3) is 0 Å². The second kappa shape index (κ2) is 9.61. The Morgan fingerprint density at radius 3 is 2.45 bits per heavy atom. The van der Waals surface area contributed by atoms with Gasteiger partial charge in [-0.3, -0.25) is 15.1 Å². The fourth-order valence-corrected chi connectivity index (χ4v) is 2.84. The number of hydrogen-bond acceptors (Lipinski definition) is 6. The summed E-state index contributed by atoms with van der Waals surface area (Å²) in [6, 6.07) is 11.2. The van der Waals surface area contributed by atoms with E-state index in [1.807, 2.05) is 0 Å². The third-order valence-electron chi connectivity index (χ3n) is 4.09. The summed E-state index contributed by atoms with van der Waals surface area (Å²) < 4.78 is 10.5. The minimum atomic E-state index is -0.912. The zero-order chi connectivity index (χ0) is 22.4. The summed E-state index contributed by atoms with van der Waals surface area (Å²) in [5.74, 6) is -0.317. The van der Waals surface area contributed by atoms with Crippen LogP contribution in [0.1, 0.15) is 26.3 Å². The molecule has 1 aromatic carbocycles. The van der Waals surface area contributed by atoms with Gasteiger partial charge >= 0.3 is 6.09 Å². The lowest BCUT2D eigenvalue weighted by Gasteiger charge is -2.23. The molecule has 0 unspecified atom stereocenters. The number of pyridine rings is 1. The van der Waals surface area contributed by atoms with Crippen LogP contribution in [-0.2, 0) is 16.0 Å². The summed E-state index contributed by atoms with van der Waals surface area (Å²) in [4.78, 5) is 29.2. The van der Waals surface area contributed by atoms with Crippen LogP contribution in [-0.4, -0.2) is 33.8 Å². The lowest BCUT2D eigenvalue weighted by atomic mass is 10.1. The van der Waals surface area contributed by atoms with Crippen LogP contribution in [0.2, 0.25) is 5.02 Å². The maximum atomic E-state index is 12.9. The number of carbonyl (C=O) groups excluding carboxylic acids is 2. The first-order chi connectivity index (χ1) is 14.7. The van der Waals surface area contributed by atoms with E-state index in [0.29, 0.717) is 10.7 Å². The van der Waals surface area contributed by atoms with Crippen molar-refractivity contribution in [3.05, 3.63) is 65.4 Å². The zero-order valence-electron chi connectivity index (χ0n) is 17.4. The van der Waals surface area contributed by atoms with Crippen molar-refractivity contribution in [3.63, 3.8) is 0 Å². The van der Waals surface area contributed by atoms with Crippen molar-refractivity contribution < 1.29 is 18.8 Å². The van der Waals surface area contributed by atoms with Crippen molar-refractivity contribution in [3.8, 4) is 11.3 Å². The lowest BCUT2D eigenvalue weighted by Crippen LogP contribution is -2.47. The molecule has 9 heteroatoms. The Balaban J connectivity index is 1.74. The number of hydrogen-bond donors (Lipinski definition) is 2. The average Bonchev–Trinajstić information content (AvgIpc) is 3.17. The first kappa shape index (κ1) is 22.3. The number of benzene rings is 1. The van der Waals surface area contributed by atoms with Gasteiger partial charge in [0.1, 0.15) is 17.3 Å². The molecule has 0 spiro atoms. The van der Waals surface area contributed by atoms with Gasteiger partial charge in [-0.1, -0.05) is 28.9 Å². The van der Waals surface area contributed by atoms with Crippen LogP contribution in [0, 0.1) is 0 Å². The fraction of sp³-hybridized carbons (Fsp3) is 0.273. The van der Waals surface area contributed by atoms with Crippen LogP contribution < -0.4 is 10.6 Å². The van der Waals surface area contributed by atoms with Crippen LogP contribution in [0.5, 0.6) is 0 Å². The normalized spacial score (nSPS) is 12.1. The van der Waals surface area contributed by atoms with E-state index in [-0.39, 0.29) is 12.3 Å². The highest BCUT2D eigenvalue weighted by atomic mass is 35.5. The molecule has 8 nitrogen and oxygen atoms in total. The topological polar surface area (TPSA) is 106 Å². The van der Waals surface area contributed by atoms with Crippen LogP contribution in [0.25, 0.3) is 11.3 Å². The Kier molecular flexibility index (Phi) is 6.91. The summed E-state index contributed by atoms with van der Waals surface area (Å²) in [7, 11) is 0. The number of nitrogens with one attached hydrogen (secondary N) is 2. The summed E-state index contributed by atoms with van der Waals surface area (Å²) >= 11 is 5.94. The molecular formula is C22H23ClN4O4. The number of amides is 2. The predicted molar refractivity (Wildman–Crippen MR) is 117 cm³/mol. The second-order valence-electron chi connectivity index (χ2n) is 7.83. The van der Waals surface area contributed by atoms with Crippen LogP contribution in [0.4, 0.5) is 10.7 Å². The Labute approximate surface area is 184 Å². The molecule has 0 bridgehead atoms. The molecule has 0 aliphatic rings. The van der Waals surface area contributed by atoms with E-state index in [0.717, 1.165) is 11.1 Å². The molecule has 2 heterocycles. The number of rotatable bonds is 6. The van der Waals surface area contributed by atoms with Gasteiger partial charge in [0.05, 0.1) is 0 Å². The molecule has 0 aliphatic heterocycles. The monoisotopic (exact) mass is 442 g/mol. The van der Waals surface area contributed by atoms with E-state index >= 15 is 0 Å². The molecule has 0 fully saturated rings. The van der Waals surface area contributed by atoms with Crippen LogP contribution in [0.3, 0.4) is 0 Å². The van der Waals surface area contributed by atoms with Crippen molar-refractivity contribution in [1.29, 1.82) is 0 Å². The number of ether oxygens (including phenoxy) is 1. The highest BCUT2D eigenvalue weighted by Crippen LogP contribution is 2.21. The maximum Gasteiger partial charge on any atom is 0.408 e. The predicted octanol–water partition coefficient (Wildman–Crippen LogP) is 4.46. The van der Waals surface area contributed by atoms with Crippen LogP contribution in [0.15, 0.2) is 59.4 Å². The molecular weight excluding hydrogens is 420 g/mol. The summed E-state index contributed by atoms with van der Waals surface area (Å²) in [6.45, 7) is 5.24. The van der Waals surface area contributed by atoms with E-state index < -0.39 is 23.6 Å². The Bertz CT molecular complexity index is 1030. The first-order valence-corrected chi connectivity index (χ1v) is 9.99. The molecule has 2 aromatic heterocycles. The SMILES string of the molecule is CC(C)(C)OC(=O)N[C@@H](Cc1ccc(Cl)cc1)C(=O)Nc1cc(-c2ccncc2)no1. The average molecular weight is 443 g/mol. The van der Waals surface area contributed by atoms with Gasteiger partial charge in [-0.05, 0) is 50.6 Å². The number of anilines is 1. The molecule has 3 rings (SSSR count). The molecule has 2 N–H and O–H groups in total. The molecule has 31 heavy (non-hydrogen) atoms. The Morgan fingerprint density at radius 2 is 1.81 bits per heavy atom. The molecule has 3 aromatic rings. The van der Waals surface area contributed by atoms with E-state index in [4.69, 9.17) is 20.9 Å². The van der Waals surface area contributed by atoms with E-state index in [1.54, 1.807) is 75.6 Å². The van der Waals surface area contributed by atoms with Gasteiger partial charge in [-0.15, -0.1) is 0 Å². The van der Waals surface area contributed by atoms with Gasteiger partial charge in [0.15, 0.2) is 0 Å². The van der Waals surface area contributed by atoms with E-state index in [2.05, 4.69) is 20.8 Å². The van der Waals surface area contributed by atoms with E-state index in [1.165, 1.54) is 0 Å². The van der Waals surface area contributed by atoms with Crippen molar-refractivity contribution in [2.45, 2.75) is 38.8 Å². The number of nitrogens with zero attached hydrogens (tertiary/aromatic N) is 2. The molecule has 0 saturated heterocycles. The smallest absolute Gasteiger partial charge is 0.408 e. The third kappa shape index (κ3) is 6.82. The molecule has 162 valence electrons. The summed E-state index contributed by atoms with van der Waals surface area (Å²) in [5, 5.41) is 9.81. The first-order valence-electron chi connectivity index (χ1n) is 9.61. The van der Waals surface area contributed by atoms with E-state index in [9.17, 15) is 9.59 Å². The van der Waals surface area contributed by atoms with Crippen molar-refractivity contribution in [2.24, 2.45) is 0 Å². The fourth-order valence-electron chi connectivity index (χ4n) is 2.72. The Morgan fingerprint density at radius 1 is 1.13 bits per heavy atom. The standard InChI is InChI=1S/C22H23ClN4O4/c1-22(2,3)30-21(29)25-18(12-14-4-6-16(23)7-5-14)20(28)26-19-13-17(27-31-19)15-8-10-24-11-9-15/h4-11,13,18H,12H2,1-3H3,(H,25,29)(H,26,28)/t18-/m0/s1. The van der Waals surface area contributed by atoms with Gasteiger partial charge in [0.2, 0.25) is 11.8 Å². The number of alkyl carbamates (subject to hydrolysis) is 1. The van der Waals surface area contributed by atoms with Crippen molar-refractivity contribution in [2.75, 3.05) is 5.32 Å². The minimum absolute atomic E-state index is 0.156. The number of carbonyl (C=O) groups is 2. The summed E-state index contributed by atoms with van der Waals surface area (Å²) in [5.41, 5.74) is 1.46. The third-order valence-corrected chi connectivity index (χ3v) is 4.35. The lowest BCUT2D eigenvalue weighted by molar-refractivity contribution is -0.118. The number of halogens is 1. The Hall–Kier alpha value is -3.39. The molecule has 1 atom stereocenters. The molecule has 0 aliphatic carbocycles. The van der Waals surface area contributed by atoms with Crippen molar-refractivity contribution in [1.82, 2.24) is 15.5 Å². The highest BCUT2D eigenvalue weighted by Gasteiger charge is 2.26. The minimum Gasteiger partial charge on any atom is -0.444 e. The zero-order valence-corrected chi connectivity index (χ0v) is 18.1. The maximum absolute atomic E-state index is 12.9. The molecule has 0 saturated carbocycles. The largest absolute Gasteiger partial charge is 0.444 e. The molecule has 0 radical (unpaired) electrons. The van der Waals surface area contributed by atoms with Gasteiger partial charge in [0, 0.05) is 35.5 Å². The number of aromatic nitrogens is 2. The summed E-state index contributed by atoms with van der Waals surface area (Å²) in [6.07, 6.45) is 2.80. The highest BCUT2D eigenvalue weighted by molar-refractivity contribution is 6.30. The van der Waals surface area contributed by atoms with Crippen molar-refractivity contribution >= 4 is 29.5 Å². The van der Waals surface area contributed by atoms with Crippen LogP contribution >= 0.6 is 11.6 Å². The van der Waals surface area contributed by atoms with Gasteiger partial charge in [-0.25, -0.2) is 4.79 Å². The second-order valence-corrected chi connectivity index (χ2v) is 8.27. The van der Waals surface area contributed by atoms with Gasteiger partial charge in [-0.2, -0.15) is 0 Å². The molecule has 2 amide bonds. The quantitative estimate of drug-likeness (QED) is 0.583.